The maximum atomic E-state index is 12.2. The number of fused-ring (bicyclic) bond motifs is 1. The third-order valence-electron chi connectivity index (χ3n) is 4.61. The van der Waals surface area contributed by atoms with Crippen LogP contribution in [0.25, 0.3) is 0 Å². The highest BCUT2D eigenvalue weighted by molar-refractivity contribution is 5.98. The molecule has 8 nitrogen and oxygen atoms in total. The summed E-state index contributed by atoms with van der Waals surface area (Å²) in [6.07, 6.45) is 4.03. The Hall–Kier alpha value is -2.77. The molecule has 1 aliphatic carbocycles. The van der Waals surface area contributed by atoms with Crippen molar-refractivity contribution in [2.45, 2.75) is 51.2 Å². The number of ether oxygens (including phenoxy) is 3. The number of esters is 1. The Morgan fingerprint density at radius 2 is 1.78 bits per heavy atom. The highest BCUT2D eigenvalue weighted by atomic mass is 16.6. The molecule has 1 heterocycles. The van der Waals surface area contributed by atoms with Gasteiger partial charge in [-0.1, -0.05) is 19.3 Å². The van der Waals surface area contributed by atoms with Crippen LogP contribution in [0.1, 0.15) is 49.4 Å². The van der Waals surface area contributed by atoms with E-state index in [0.717, 1.165) is 25.7 Å². The third kappa shape index (κ3) is 5.12. The number of amides is 3. The van der Waals surface area contributed by atoms with Crippen molar-refractivity contribution < 1.29 is 28.6 Å². The van der Waals surface area contributed by atoms with E-state index >= 15 is 0 Å². The molecule has 0 aromatic heterocycles. The average Bonchev–Trinajstić information content (AvgIpc) is 2.68. The molecule has 146 valence electrons. The van der Waals surface area contributed by atoms with Gasteiger partial charge in [-0.25, -0.2) is 9.59 Å². The summed E-state index contributed by atoms with van der Waals surface area (Å²) in [7, 11) is 0. The molecule has 3 amide bonds. The van der Waals surface area contributed by atoms with Crippen LogP contribution in [0.3, 0.4) is 0 Å². The summed E-state index contributed by atoms with van der Waals surface area (Å²) in [4.78, 5) is 36.3. The first-order valence-corrected chi connectivity index (χ1v) is 9.25. The maximum Gasteiger partial charge on any atom is 0.339 e. The molecule has 2 N–H and O–H groups in total. The number of hydrogen-bond acceptors (Lipinski definition) is 6. The van der Waals surface area contributed by atoms with E-state index in [0.29, 0.717) is 24.7 Å². The van der Waals surface area contributed by atoms with Crippen molar-refractivity contribution in [2.24, 2.45) is 0 Å². The minimum Gasteiger partial charge on any atom is -0.486 e. The van der Waals surface area contributed by atoms with Crippen LogP contribution >= 0.6 is 0 Å². The van der Waals surface area contributed by atoms with E-state index in [1.54, 1.807) is 6.07 Å². The predicted octanol–water partition coefficient (Wildman–Crippen LogP) is 2.16. The van der Waals surface area contributed by atoms with Crippen LogP contribution < -0.4 is 20.1 Å². The number of benzene rings is 1. The topological polar surface area (TPSA) is 103 Å². The number of nitrogens with one attached hydrogen (secondary N) is 2. The second kappa shape index (κ2) is 8.75. The summed E-state index contributed by atoms with van der Waals surface area (Å²) in [6.45, 7) is 2.27. The first kappa shape index (κ1) is 19.0. The van der Waals surface area contributed by atoms with Crippen molar-refractivity contribution in [1.29, 1.82) is 0 Å². The zero-order valence-corrected chi connectivity index (χ0v) is 15.3. The molecule has 3 rings (SSSR count). The van der Waals surface area contributed by atoms with Crippen molar-refractivity contribution in [3.8, 4) is 11.5 Å². The van der Waals surface area contributed by atoms with Crippen LogP contribution in [-0.2, 0) is 9.53 Å². The molecule has 0 saturated heterocycles. The smallest absolute Gasteiger partial charge is 0.339 e. The molecule has 1 aliphatic heterocycles. The molecule has 2 aliphatic rings. The first-order chi connectivity index (χ1) is 13.0. The number of carbonyl (C=O) groups is 3. The molecule has 0 radical (unpaired) electrons. The standard InChI is InChI=1S/C19H24N2O6/c1-12(17(22)21-19(24)20-14-5-3-2-4-6-14)27-18(23)13-7-8-15-16(11-13)26-10-9-25-15/h7-8,11-12,14H,2-6,9-10H2,1H3,(H2,20,21,22,24)/t12-/m1/s1. The Bertz CT molecular complexity index is 714. The molecule has 27 heavy (non-hydrogen) atoms. The van der Waals surface area contributed by atoms with Gasteiger partial charge in [0.1, 0.15) is 13.2 Å². The number of imide groups is 1. The van der Waals surface area contributed by atoms with E-state index in [1.807, 2.05) is 0 Å². The SMILES string of the molecule is C[C@@H](OC(=O)c1ccc2c(c1)OCCO2)C(=O)NC(=O)NC1CCCCC1. The molecule has 1 aromatic carbocycles. The lowest BCUT2D eigenvalue weighted by Crippen LogP contribution is -2.48. The van der Waals surface area contributed by atoms with Gasteiger partial charge in [-0.3, -0.25) is 10.1 Å². The molecule has 0 unspecified atom stereocenters. The number of urea groups is 1. The van der Waals surface area contributed by atoms with Crippen molar-refractivity contribution >= 4 is 17.9 Å². The fourth-order valence-corrected chi connectivity index (χ4v) is 3.13. The quantitative estimate of drug-likeness (QED) is 0.781. The van der Waals surface area contributed by atoms with Gasteiger partial charge < -0.3 is 19.5 Å². The summed E-state index contributed by atoms with van der Waals surface area (Å²) >= 11 is 0. The van der Waals surface area contributed by atoms with Crippen LogP contribution in [0.5, 0.6) is 11.5 Å². The van der Waals surface area contributed by atoms with E-state index in [1.165, 1.54) is 25.5 Å². The summed E-state index contributed by atoms with van der Waals surface area (Å²) in [6, 6.07) is 4.19. The zero-order valence-electron chi connectivity index (χ0n) is 15.3. The van der Waals surface area contributed by atoms with Crippen LogP contribution in [-0.4, -0.2) is 43.3 Å². The minimum atomic E-state index is -1.11. The summed E-state index contributed by atoms with van der Waals surface area (Å²) in [5.41, 5.74) is 0.241. The molecule has 0 bridgehead atoms. The van der Waals surface area contributed by atoms with Crippen LogP contribution in [0.2, 0.25) is 0 Å². The Morgan fingerprint density at radius 3 is 2.52 bits per heavy atom. The lowest BCUT2D eigenvalue weighted by Gasteiger charge is -2.23. The third-order valence-corrected chi connectivity index (χ3v) is 4.61. The van der Waals surface area contributed by atoms with Gasteiger partial charge in [0, 0.05) is 6.04 Å². The highest BCUT2D eigenvalue weighted by Gasteiger charge is 2.23. The molecule has 1 fully saturated rings. The van der Waals surface area contributed by atoms with Gasteiger partial charge in [0.15, 0.2) is 17.6 Å². The van der Waals surface area contributed by atoms with Crippen molar-refractivity contribution in [3.63, 3.8) is 0 Å². The van der Waals surface area contributed by atoms with Crippen molar-refractivity contribution in [2.75, 3.05) is 13.2 Å². The first-order valence-electron chi connectivity index (χ1n) is 9.25. The van der Waals surface area contributed by atoms with Gasteiger partial charge >= 0.3 is 12.0 Å². The predicted molar refractivity (Wildman–Crippen MR) is 95.9 cm³/mol. The van der Waals surface area contributed by atoms with E-state index in [9.17, 15) is 14.4 Å². The summed E-state index contributed by atoms with van der Waals surface area (Å²) in [5, 5.41) is 5.00. The van der Waals surface area contributed by atoms with E-state index in [-0.39, 0.29) is 11.6 Å². The molecule has 0 spiro atoms. The summed E-state index contributed by atoms with van der Waals surface area (Å²) < 4.78 is 16.0. The van der Waals surface area contributed by atoms with Crippen LogP contribution in [0, 0.1) is 0 Å². The van der Waals surface area contributed by atoms with E-state index in [4.69, 9.17) is 14.2 Å². The number of hydrogen-bond donors (Lipinski definition) is 2. The molecule has 1 atom stereocenters. The van der Waals surface area contributed by atoms with Gasteiger partial charge in [-0.2, -0.15) is 0 Å². The van der Waals surface area contributed by atoms with E-state index in [2.05, 4.69) is 10.6 Å². The van der Waals surface area contributed by atoms with Crippen LogP contribution in [0.4, 0.5) is 4.79 Å². The zero-order chi connectivity index (χ0) is 19.2. The van der Waals surface area contributed by atoms with E-state index < -0.39 is 24.0 Å². The van der Waals surface area contributed by atoms with Gasteiger partial charge in [0.25, 0.3) is 5.91 Å². The molecular formula is C19H24N2O6. The summed E-state index contributed by atoms with van der Waals surface area (Å²) in [5.74, 6) is -0.334. The largest absolute Gasteiger partial charge is 0.486 e. The lowest BCUT2D eigenvalue weighted by molar-refractivity contribution is -0.127. The van der Waals surface area contributed by atoms with Gasteiger partial charge in [-0.15, -0.1) is 0 Å². The Morgan fingerprint density at radius 1 is 1.07 bits per heavy atom. The number of rotatable bonds is 4. The Balaban J connectivity index is 1.49. The van der Waals surface area contributed by atoms with Crippen molar-refractivity contribution in [3.05, 3.63) is 23.8 Å². The molecule has 1 aromatic rings. The van der Waals surface area contributed by atoms with Gasteiger partial charge in [-0.05, 0) is 38.0 Å². The average molecular weight is 376 g/mol. The number of carbonyl (C=O) groups excluding carboxylic acids is 3. The maximum absolute atomic E-state index is 12.2. The van der Waals surface area contributed by atoms with Crippen LogP contribution in [0.15, 0.2) is 18.2 Å². The fourth-order valence-electron chi connectivity index (χ4n) is 3.13. The monoisotopic (exact) mass is 376 g/mol. The minimum absolute atomic E-state index is 0.0853. The Kier molecular flexibility index (Phi) is 6.16. The van der Waals surface area contributed by atoms with Gasteiger partial charge in [0.05, 0.1) is 5.56 Å². The lowest BCUT2D eigenvalue weighted by atomic mass is 9.96. The molecule has 8 heteroatoms. The molecule has 1 saturated carbocycles. The second-order valence-corrected chi connectivity index (χ2v) is 6.70. The van der Waals surface area contributed by atoms with Gasteiger partial charge in [0.2, 0.25) is 0 Å². The van der Waals surface area contributed by atoms with Crippen molar-refractivity contribution in [1.82, 2.24) is 10.6 Å². The normalized spacial score (nSPS) is 17.5. The Labute approximate surface area is 157 Å². The molecular weight excluding hydrogens is 352 g/mol. The second-order valence-electron chi connectivity index (χ2n) is 6.70. The highest BCUT2D eigenvalue weighted by Crippen LogP contribution is 2.31. The fraction of sp³-hybridized carbons (Fsp3) is 0.526.